The standard InChI is InChI=1S/C17H17ClN4O3.C2HF3O2/c18-11-5-6-15(20-9-11)22-16(23)13-3-1-2-4-14(13)21-17(24)25-12-7-8-19-10-12;3-2(4,5)1(6)7/h1-6,9,12,19H,7-8,10H2,(H,21,24)(H,20,22,23);(H,6,7). The Morgan fingerprint density at radius 3 is 2.41 bits per heavy atom. The molecule has 1 saturated heterocycles. The number of aromatic nitrogens is 1. The minimum absolute atomic E-state index is 0.153. The van der Waals surface area contributed by atoms with E-state index in [9.17, 15) is 22.8 Å². The largest absolute Gasteiger partial charge is 0.490 e. The molecule has 13 heteroatoms. The highest BCUT2D eigenvalue weighted by Gasteiger charge is 2.38. The maximum atomic E-state index is 12.5. The molecule has 1 aliphatic rings. The molecule has 3 rings (SSSR count). The van der Waals surface area contributed by atoms with Crippen molar-refractivity contribution in [3.05, 3.63) is 53.2 Å². The highest BCUT2D eigenvalue weighted by Crippen LogP contribution is 2.18. The number of alkyl halides is 3. The van der Waals surface area contributed by atoms with Crippen LogP contribution in [0.15, 0.2) is 42.6 Å². The van der Waals surface area contributed by atoms with Gasteiger partial charge in [0.2, 0.25) is 0 Å². The van der Waals surface area contributed by atoms with Crippen LogP contribution in [0.2, 0.25) is 5.02 Å². The lowest BCUT2D eigenvalue weighted by atomic mass is 10.1. The molecule has 0 saturated carbocycles. The Labute approximate surface area is 184 Å². The molecule has 0 aliphatic carbocycles. The number of carboxylic acid groups (broad SMARTS) is 1. The molecule has 0 radical (unpaired) electrons. The van der Waals surface area contributed by atoms with Crippen molar-refractivity contribution in [2.75, 3.05) is 23.7 Å². The quantitative estimate of drug-likeness (QED) is 0.533. The first kappa shape index (κ1) is 24.9. The summed E-state index contributed by atoms with van der Waals surface area (Å²) in [6, 6.07) is 9.90. The Kier molecular flexibility index (Phi) is 8.79. The zero-order valence-electron chi connectivity index (χ0n) is 16.3. The molecule has 2 aromatic rings. The molecule has 172 valence electrons. The number of pyridine rings is 1. The fourth-order valence-electron chi connectivity index (χ4n) is 2.44. The molecule has 32 heavy (non-hydrogen) atoms. The van der Waals surface area contributed by atoms with Gasteiger partial charge in [0.05, 0.1) is 16.3 Å². The first-order chi connectivity index (χ1) is 15.1. The molecule has 1 unspecified atom stereocenters. The molecular weight excluding hydrogens is 457 g/mol. The molecule has 2 amide bonds. The SMILES string of the molecule is O=C(Nc1ccccc1C(=O)Nc1ccc(Cl)cn1)OC1CCNC1.O=C(O)C(F)(F)F. The number of carbonyl (C=O) groups excluding carboxylic acids is 2. The number of benzene rings is 1. The summed E-state index contributed by atoms with van der Waals surface area (Å²) < 4.78 is 37.0. The van der Waals surface area contributed by atoms with Gasteiger partial charge in [-0.3, -0.25) is 10.1 Å². The van der Waals surface area contributed by atoms with E-state index in [0.29, 0.717) is 28.6 Å². The topological polar surface area (TPSA) is 130 Å². The summed E-state index contributed by atoms with van der Waals surface area (Å²) >= 11 is 5.78. The van der Waals surface area contributed by atoms with E-state index in [4.69, 9.17) is 26.2 Å². The number of carboxylic acids is 1. The van der Waals surface area contributed by atoms with Crippen LogP contribution < -0.4 is 16.0 Å². The summed E-state index contributed by atoms with van der Waals surface area (Å²) in [5.74, 6) is -2.79. The number of carbonyl (C=O) groups is 3. The third kappa shape index (κ3) is 8.04. The van der Waals surface area contributed by atoms with Gasteiger partial charge < -0.3 is 20.5 Å². The van der Waals surface area contributed by atoms with Crippen molar-refractivity contribution in [1.82, 2.24) is 10.3 Å². The van der Waals surface area contributed by atoms with Crippen molar-refractivity contribution >= 4 is 41.1 Å². The molecule has 1 aliphatic heterocycles. The van der Waals surface area contributed by atoms with Crippen LogP contribution in [-0.4, -0.2) is 53.4 Å². The lowest BCUT2D eigenvalue weighted by Crippen LogP contribution is -2.25. The maximum absolute atomic E-state index is 12.5. The second-order valence-electron chi connectivity index (χ2n) is 6.31. The number of halogens is 4. The Hall–Kier alpha value is -3.38. The van der Waals surface area contributed by atoms with E-state index in [2.05, 4.69) is 20.9 Å². The van der Waals surface area contributed by atoms with Crippen molar-refractivity contribution in [2.24, 2.45) is 0 Å². The Morgan fingerprint density at radius 2 is 1.84 bits per heavy atom. The summed E-state index contributed by atoms with van der Waals surface area (Å²) in [5.41, 5.74) is 0.672. The van der Waals surface area contributed by atoms with Gasteiger partial charge in [-0.05, 0) is 37.2 Å². The molecule has 2 heterocycles. The summed E-state index contributed by atoms with van der Waals surface area (Å²) in [7, 11) is 0. The number of nitrogens with one attached hydrogen (secondary N) is 3. The van der Waals surface area contributed by atoms with Crippen molar-refractivity contribution in [1.29, 1.82) is 0 Å². The van der Waals surface area contributed by atoms with Crippen molar-refractivity contribution < 1.29 is 37.4 Å². The average Bonchev–Trinajstić information content (AvgIpc) is 3.22. The van der Waals surface area contributed by atoms with Gasteiger partial charge in [-0.2, -0.15) is 13.2 Å². The normalized spacial score (nSPS) is 15.2. The van der Waals surface area contributed by atoms with Crippen LogP contribution in [0.3, 0.4) is 0 Å². The summed E-state index contributed by atoms with van der Waals surface area (Å²) in [6.45, 7) is 1.46. The number of aliphatic carboxylic acids is 1. The minimum atomic E-state index is -5.08. The Bertz CT molecular complexity index is 951. The number of rotatable bonds is 4. The first-order valence-electron chi connectivity index (χ1n) is 9.06. The van der Waals surface area contributed by atoms with E-state index in [-0.39, 0.29) is 6.10 Å². The highest BCUT2D eigenvalue weighted by molar-refractivity contribution is 6.30. The number of hydrogen-bond donors (Lipinski definition) is 4. The van der Waals surface area contributed by atoms with Gasteiger partial charge in [0.15, 0.2) is 0 Å². The Balaban J connectivity index is 0.000000451. The number of anilines is 2. The van der Waals surface area contributed by atoms with Crippen molar-refractivity contribution in [2.45, 2.75) is 18.7 Å². The molecular formula is C19H18ClF3N4O5. The van der Waals surface area contributed by atoms with Gasteiger partial charge in [0, 0.05) is 12.7 Å². The van der Waals surface area contributed by atoms with Crippen LogP contribution in [0, 0.1) is 0 Å². The van der Waals surface area contributed by atoms with Crippen molar-refractivity contribution in [3.8, 4) is 0 Å². The summed E-state index contributed by atoms with van der Waals surface area (Å²) in [5, 5.41) is 16.0. The van der Waals surface area contributed by atoms with Crippen LogP contribution in [0.25, 0.3) is 0 Å². The number of amides is 2. The molecule has 1 atom stereocenters. The number of nitrogens with zero attached hydrogens (tertiary/aromatic N) is 1. The average molecular weight is 475 g/mol. The monoisotopic (exact) mass is 474 g/mol. The zero-order valence-corrected chi connectivity index (χ0v) is 17.0. The van der Waals surface area contributed by atoms with E-state index in [0.717, 1.165) is 13.0 Å². The zero-order chi connectivity index (χ0) is 23.7. The molecule has 9 nitrogen and oxygen atoms in total. The lowest BCUT2D eigenvalue weighted by molar-refractivity contribution is -0.192. The van der Waals surface area contributed by atoms with Gasteiger partial charge in [-0.15, -0.1) is 0 Å². The van der Waals surface area contributed by atoms with E-state index >= 15 is 0 Å². The predicted molar refractivity (Wildman–Crippen MR) is 109 cm³/mol. The molecule has 1 aromatic carbocycles. The fraction of sp³-hybridized carbons (Fsp3) is 0.263. The summed E-state index contributed by atoms with van der Waals surface area (Å²) in [6.07, 6.45) is -3.61. The fourth-order valence-corrected chi connectivity index (χ4v) is 2.55. The van der Waals surface area contributed by atoms with Crippen molar-refractivity contribution in [3.63, 3.8) is 0 Å². The van der Waals surface area contributed by atoms with Gasteiger partial charge in [-0.1, -0.05) is 23.7 Å². The molecule has 1 aromatic heterocycles. The van der Waals surface area contributed by atoms with Crippen LogP contribution in [0.5, 0.6) is 0 Å². The Morgan fingerprint density at radius 1 is 1.16 bits per heavy atom. The molecule has 0 bridgehead atoms. The predicted octanol–water partition coefficient (Wildman–Crippen LogP) is 3.53. The molecule has 1 fully saturated rings. The summed E-state index contributed by atoms with van der Waals surface area (Å²) in [4.78, 5) is 37.4. The third-order valence-corrected chi connectivity index (χ3v) is 4.13. The molecule has 4 N–H and O–H groups in total. The minimum Gasteiger partial charge on any atom is -0.475 e. The first-order valence-corrected chi connectivity index (χ1v) is 9.44. The lowest BCUT2D eigenvalue weighted by Gasteiger charge is -2.14. The third-order valence-electron chi connectivity index (χ3n) is 3.91. The highest BCUT2D eigenvalue weighted by atomic mass is 35.5. The van der Waals surface area contributed by atoms with Crippen LogP contribution in [0.1, 0.15) is 16.8 Å². The van der Waals surface area contributed by atoms with E-state index in [1.165, 1.54) is 6.20 Å². The van der Waals surface area contributed by atoms with Crippen LogP contribution in [0.4, 0.5) is 29.5 Å². The smallest absolute Gasteiger partial charge is 0.475 e. The van der Waals surface area contributed by atoms with Crippen LogP contribution >= 0.6 is 11.6 Å². The second-order valence-corrected chi connectivity index (χ2v) is 6.75. The van der Waals surface area contributed by atoms with Gasteiger partial charge in [-0.25, -0.2) is 14.6 Å². The van der Waals surface area contributed by atoms with Gasteiger partial charge in [0.1, 0.15) is 11.9 Å². The molecule has 0 spiro atoms. The van der Waals surface area contributed by atoms with Gasteiger partial charge in [0.25, 0.3) is 5.91 Å². The number of hydrogen-bond acceptors (Lipinski definition) is 6. The number of para-hydroxylation sites is 1. The van der Waals surface area contributed by atoms with E-state index < -0.39 is 24.1 Å². The van der Waals surface area contributed by atoms with Crippen LogP contribution in [-0.2, 0) is 9.53 Å². The van der Waals surface area contributed by atoms with Gasteiger partial charge >= 0.3 is 18.2 Å². The second kappa shape index (κ2) is 11.3. The van der Waals surface area contributed by atoms with E-state index in [1.54, 1.807) is 36.4 Å². The van der Waals surface area contributed by atoms with E-state index in [1.807, 2.05) is 0 Å². The maximum Gasteiger partial charge on any atom is 0.490 e. The number of ether oxygens (including phenoxy) is 1.